The van der Waals surface area contributed by atoms with Gasteiger partial charge >= 0.3 is 0 Å². The summed E-state index contributed by atoms with van der Waals surface area (Å²) in [6.07, 6.45) is 2.85. The van der Waals surface area contributed by atoms with Crippen LogP contribution in [-0.2, 0) is 10.0 Å². The summed E-state index contributed by atoms with van der Waals surface area (Å²) < 4.78 is 27.8. The number of benzene rings is 2. The Hall–Kier alpha value is -1.92. The van der Waals surface area contributed by atoms with Crippen molar-refractivity contribution in [3.05, 3.63) is 65.4 Å². The predicted molar refractivity (Wildman–Crippen MR) is 86.7 cm³/mol. The summed E-state index contributed by atoms with van der Waals surface area (Å²) in [4.78, 5) is 3.99. The van der Waals surface area contributed by atoms with E-state index in [9.17, 15) is 8.42 Å². The molecule has 3 rings (SSSR count). The number of pyridine rings is 1. The number of hydrogen-bond donors (Lipinski definition) is 1. The van der Waals surface area contributed by atoms with Crippen molar-refractivity contribution in [1.29, 1.82) is 0 Å². The molecule has 0 aliphatic carbocycles. The third kappa shape index (κ3) is 3.06. The lowest BCUT2D eigenvalue weighted by atomic mass is 10.1. The first-order valence-electron chi connectivity index (χ1n) is 6.17. The predicted octanol–water partition coefficient (Wildman–Crippen LogP) is 3.80. The average molecular weight is 363 g/mol. The Kier molecular flexibility index (Phi) is 3.65. The SMILES string of the molecule is O=S(=O)(Nc1ccc2ccccc2c1)c1cncc(Br)c1. The first kappa shape index (κ1) is 14.0. The summed E-state index contributed by atoms with van der Waals surface area (Å²) in [6, 6.07) is 14.7. The first-order chi connectivity index (χ1) is 10.0. The normalized spacial score (nSPS) is 11.5. The Morgan fingerprint density at radius 1 is 0.952 bits per heavy atom. The van der Waals surface area contributed by atoms with Crippen LogP contribution in [0.4, 0.5) is 5.69 Å². The number of rotatable bonds is 3. The molecule has 0 spiro atoms. The third-order valence-electron chi connectivity index (χ3n) is 2.99. The van der Waals surface area contributed by atoms with E-state index in [1.807, 2.05) is 30.3 Å². The number of anilines is 1. The molecule has 2 aromatic carbocycles. The topological polar surface area (TPSA) is 59.1 Å². The minimum atomic E-state index is -3.65. The van der Waals surface area contributed by atoms with Crippen LogP contribution in [0.25, 0.3) is 10.8 Å². The summed E-state index contributed by atoms with van der Waals surface area (Å²) in [7, 11) is -3.65. The van der Waals surface area contributed by atoms with Crippen LogP contribution in [0.2, 0.25) is 0 Å². The highest BCUT2D eigenvalue weighted by Crippen LogP contribution is 2.22. The molecular formula is C15H11BrN2O2S. The molecule has 0 saturated heterocycles. The Bertz CT molecular complexity index is 910. The first-order valence-corrected chi connectivity index (χ1v) is 8.44. The van der Waals surface area contributed by atoms with Gasteiger partial charge in [0.25, 0.3) is 10.0 Å². The second kappa shape index (κ2) is 5.46. The largest absolute Gasteiger partial charge is 0.280 e. The van der Waals surface area contributed by atoms with Crippen LogP contribution >= 0.6 is 15.9 Å². The van der Waals surface area contributed by atoms with Gasteiger partial charge in [-0.15, -0.1) is 0 Å². The van der Waals surface area contributed by atoms with Crippen LogP contribution < -0.4 is 4.72 Å². The third-order valence-corrected chi connectivity index (χ3v) is 4.77. The zero-order valence-electron chi connectivity index (χ0n) is 10.8. The number of sulfonamides is 1. The van der Waals surface area contributed by atoms with Gasteiger partial charge in [-0.25, -0.2) is 8.42 Å². The van der Waals surface area contributed by atoms with Gasteiger partial charge in [0.15, 0.2) is 0 Å². The quantitative estimate of drug-likeness (QED) is 0.770. The van der Waals surface area contributed by atoms with Crippen molar-refractivity contribution < 1.29 is 8.42 Å². The van der Waals surface area contributed by atoms with Crippen LogP contribution in [0.1, 0.15) is 0 Å². The minimum Gasteiger partial charge on any atom is -0.280 e. The Labute approximate surface area is 131 Å². The van der Waals surface area contributed by atoms with E-state index in [2.05, 4.69) is 25.6 Å². The maximum Gasteiger partial charge on any atom is 0.263 e. The van der Waals surface area contributed by atoms with Crippen LogP contribution in [0.3, 0.4) is 0 Å². The maximum absolute atomic E-state index is 12.3. The lowest BCUT2D eigenvalue weighted by molar-refractivity contribution is 0.600. The molecule has 1 heterocycles. The molecule has 0 saturated carbocycles. The number of nitrogens with one attached hydrogen (secondary N) is 1. The van der Waals surface area contributed by atoms with Gasteiger partial charge in [-0.05, 0) is 44.9 Å². The highest BCUT2D eigenvalue weighted by Gasteiger charge is 2.15. The average Bonchev–Trinajstić information content (AvgIpc) is 2.47. The van der Waals surface area contributed by atoms with Gasteiger partial charge in [-0.3, -0.25) is 9.71 Å². The summed E-state index contributed by atoms with van der Waals surface area (Å²) in [5.41, 5.74) is 0.522. The van der Waals surface area contributed by atoms with Gasteiger partial charge in [0.2, 0.25) is 0 Å². The fourth-order valence-corrected chi connectivity index (χ4v) is 3.56. The van der Waals surface area contributed by atoms with E-state index in [4.69, 9.17) is 0 Å². The molecule has 0 fully saturated rings. The lowest BCUT2D eigenvalue weighted by Gasteiger charge is -2.09. The van der Waals surface area contributed by atoms with Gasteiger partial charge in [0.05, 0.1) is 0 Å². The zero-order chi connectivity index (χ0) is 14.9. The van der Waals surface area contributed by atoms with Crippen molar-refractivity contribution >= 4 is 42.4 Å². The molecule has 3 aromatic rings. The van der Waals surface area contributed by atoms with Gasteiger partial charge in [-0.2, -0.15) is 0 Å². The number of aromatic nitrogens is 1. The van der Waals surface area contributed by atoms with Crippen LogP contribution in [0.15, 0.2) is 70.3 Å². The minimum absolute atomic E-state index is 0.116. The van der Waals surface area contributed by atoms with Gasteiger partial charge < -0.3 is 0 Å². The Morgan fingerprint density at radius 2 is 1.71 bits per heavy atom. The van der Waals surface area contributed by atoms with E-state index >= 15 is 0 Å². The molecule has 0 aliphatic rings. The van der Waals surface area contributed by atoms with Crippen molar-refractivity contribution in [2.45, 2.75) is 4.90 Å². The van der Waals surface area contributed by atoms with Crippen LogP contribution in [0, 0.1) is 0 Å². The summed E-state index contributed by atoms with van der Waals surface area (Å²) in [6.45, 7) is 0. The molecule has 0 atom stereocenters. The molecule has 0 unspecified atom stereocenters. The highest BCUT2D eigenvalue weighted by atomic mass is 79.9. The van der Waals surface area contributed by atoms with Gasteiger partial charge in [-0.1, -0.05) is 30.3 Å². The van der Waals surface area contributed by atoms with E-state index in [1.54, 1.807) is 12.1 Å². The Morgan fingerprint density at radius 3 is 2.48 bits per heavy atom. The smallest absolute Gasteiger partial charge is 0.263 e. The van der Waals surface area contributed by atoms with Crippen molar-refractivity contribution in [3.63, 3.8) is 0 Å². The summed E-state index contributed by atoms with van der Waals surface area (Å²) in [5, 5.41) is 2.04. The molecule has 0 amide bonds. The fourth-order valence-electron chi connectivity index (χ4n) is 2.01. The maximum atomic E-state index is 12.3. The summed E-state index contributed by atoms with van der Waals surface area (Å²) in [5.74, 6) is 0. The van der Waals surface area contributed by atoms with Crippen LogP contribution in [-0.4, -0.2) is 13.4 Å². The molecule has 4 nitrogen and oxygen atoms in total. The molecule has 6 heteroatoms. The Balaban J connectivity index is 1.97. The number of nitrogens with zero attached hydrogens (tertiary/aromatic N) is 1. The van der Waals surface area contributed by atoms with E-state index in [0.29, 0.717) is 10.2 Å². The number of fused-ring (bicyclic) bond motifs is 1. The lowest BCUT2D eigenvalue weighted by Crippen LogP contribution is -2.13. The molecule has 106 valence electrons. The molecule has 1 aromatic heterocycles. The van der Waals surface area contributed by atoms with Crippen molar-refractivity contribution in [2.75, 3.05) is 4.72 Å². The molecular weight excluding hydrogens is 352 g/mol. The van der Waals surface area contributed by atoms with Crippen molar-refractivity contribution in [2.24, 2.45) is 0 Å². The van der Waals surface area contributed by atoms with Gasteiger partial charge in [0, 0.05) is 22.6 Å². The molecule has 0 radical (unpaired) electrons. The number of hydrogen-bond acceptors (Lipinski definition) is 3. The molecule has 0 bridgehead atoms. The second-order valence-electron chi connectivity index (χ2n) is 4.51. The number of halogens is 1. The second-order valence-corrected chi connectivity index (χ2v) is 7.10. The molecule has 0 aliphatic heterocycles. The van der Waals surface area contributed by atoms with E-state index in [0.717, 1.165) is 10.8 Å². The summed E-state index contributed by atoms with van der Waals surface area (Å²) >= 11 is 3.22. The highest BCUT2D eigenvalue weighted by molar-refractivity contribution is 9.10. The van der Waals surface area contributed by atoms with Gasteiger partial charge in [0.1, 0.15) is 4.90 Å². The van der Waals surface area contributed by atoms with Crippen LogP contribution in [0.5, 0.6) is 0 Å². The van der Waals surface area contributed by atoms with Crippen molar-refractivity contribution in [3.8, 4) is 0 Å². The van der Waals surface area contributed by atoms with Crippen molar-refractivity contribution in [1.82, 2.24) is 4.98 Å². The van der Waals surface area contributed by atoms with E-state index < -0.39 is 10.0 Å². The standard InChI is InChI=1S/C15H11BrN2O2S/c16-13-8-15(10-17-9-13)21(19,20)18-14-6-5-11-3-1-2-4-12(11)7-14/h1-10,18H. The fraction of sp³-hybridized carbons (Fsp3) is 0. The zero-order valence-corrected chi connectivity index (χ0v) is 13.2. The monoisotopic (exact) mass is 362 g/mol. The molecule has 21 heavy (non-hydrogen) atoms. The van der Waals surface area contributed by atoms with E-state index in [1.165, 1.54) is 18.5 Å². The van der Waals surface area contributed by atoms with E-state index in [-0.39, 0.29) is 4.90 Å². The molecule has 1 N–H and O–H groups in total.